The van der Waals surface area contributed by atoms with Crippen LogP contribution in [0.3, 0.4) is 0 Å². The average Bonchev–Trinajstić information content (AvgIpc) is 3.01. The van der Waals surface area contributed by atoms with Crippen LogP contribution in [0.1, 0.15) is 15.9 Å². The predicted octanol–water partition coefficient (Wildman–Crippen LogP) is 3.94. The van der Waals surface area contributed by atoms with Gasteiger partial charge in [0.25, 0.3) is 17.1 Å². The summed E-state index contributed by atoms with van der Waals surface area (Å²) in [4.78, 5) is 41.8. The van der Waals surface area contributed by atoms with Crippen molar-refractivity contribution in [3.05, 3.63) is 64.6 Å². The van der Waals surface area contributed by atoms with Gasteiger partial charge in [-0.3, -0.25) is 19.3 Å². The zero-order chi connectivity index (χ0) is 21.7. The third-order valence-corrected chi connectivity index (χ3v) is 6.20. The number of imide groups is 1. The van der Waals surface area contributed by atoms with Gasteiger partial charge in [-0.15, -0.1) is 11.8 Å². The Morgan fingerprint density at radius 1 is 1.10 bits per heavy atom. The predicted molar refractivity (Wildman–Crippen MR) is 124 cm³/mol. The summed E-state index contributed by atoms with van der Waals surface area (Å²) >= 11 is 2.56. The molecule has 0 radical (unpaired) electrons. The molecule has 1 heterocycles. The Bertz CT molecular complexity index is 970. The van der Waals surface area contributed by atoms with Gasteiger partial charge in [0.1, 0.15) is 0 Å². The van der Waals surface area contributed by atoms with Crippen molar-refractivity contribution in [2.24, 2.45) is 0 Å². The Balaban J connectivity index is 1.56. The maximum absolute atomic E-state index is 12.6. The largest absolute Gasteiger partial charge is 0.378 e. The second-order valence-electron chi connectivity index (χ2n) is 6.80. The van der Waals surface area contributed by atoms with Gasteiger partial charge in [0, 0.05) is 43.3 Å². The Morgan fingerprint density at radius 3 is 2.37 bits per heavy atom. The molecule has 0 saturated carbocycles. The number of rotatable bonds is 7. The van der Waals surface area contributed by atoms with Crippen LogP contribution >= 0.6 is 23.5 Å². The topological polar surface area (TPSA) is 69.7 Å². The molecule has 2 aromatic carbocycles. The van der Waals surface area contributed by atoms with Crippen LogP contribution in [0.4, 0.5) is 10.5 Å². The van der Waals surface area contributed by atoms with Gasteiger partial charge in [-0.2, -0.15) is 0 Å². The van der Waals surface area contributed by atoms with Crippen LogP contribution < -0.4 is 10.2 Å². The van der Waals surface area contributed by atoms with Gasteiger partial charge in [-0.25, -0.2) is 0 Å². The highest BCUT2D eigenvalue weighted by Gasteiger charge is 2.34. The van der Waals surface area contributed by atoms with Crippen molar-refractivity contribution >= 4 is 52.3 Å². The molecule has 0 unspecified atom stereocenters. The maximum Gasteiger partial charge on any atom is 0.293 e. The molecule has 0 aromatic heterocycles. The van der Waals surface area contributed by atoms with E-state index in [-0.39, 0.29) is 30.1 Å². The van der Waals surface area contributed by atoms with Gasteiger partial charge in [0.2, 0.25) is 0 Å². The minimum absolute atomic E-state index is 0.134. The third-order valence-electron chi connectivity index (χ3n) is 4.55. The molecule has 1 fully saturated rings. The van der Waals surface area contributed by atoms with E-state index in [1.807, 2.05) is 61.6 Å². The number of anilines is 1. The summed E-state index contributed by atoms with van der Waals surface area (Å²) in [6.07, 6.45) is 3.72. The second kappa shape index (κ2) is 9.86. The lowest BCUT2D eigenvalue weighted by Crippen LogP contribution is -2.37. The molecule has 1 N–H and O–H groups in total. The van der Waals surface area contributed by atoms with E-state index in [9.17, 15) is 14.4 Å². The van der Waals surface area contributed by atoms with Crippen LogP contribution in [0.15, 0.2) is 58.3 Å². The third kappa shape index (κ3) is 5.25. The number of hydrogen-bond acceptors (Lipinski definition) is 6. The summed E-state index contributed by atoms with van der Waals surface area (Å²) in [5.41, 5.74) is 2.40. The van der Waals surface area contributed by atoms with Crippen molar-refractivity contribution in [1.82, 2.24) is 10.2 Å². The molecule has 3 rings (SSSR count). The Labute approximate surface area is 184 Å². The lowest BCUT2D eigenvalue weighted by atomic mass is 10.2. The van der Waals surface area contributed by atoms with Crippen LogP contribution in [0.5, 0.6) is 0 Å². The Hall–Kier alpha value is -2.71. The number of nitrogens with zero attached hydrogens (tertiary/aromatic N) is 2. The molecule has 1 aliphatic heterocycles. The SMILES string of the molecule is CSc1ccc(/C=C2\SC(=O)N(CCNC(=O)c3ccc(N(C)C)cc3)C2=O)cc1. The molecule has 0 atom stereocenters. The van der Waals surface area contributed by atoms with Gasteiger partial charge < -0.3 is 10.2 Å². The molecular weight excluding hydrogens is 418 g/mol. The minimum atomic E-state index is -0.330. The van der Waals surface area contributed by atoms with Crippen molar-refractivity contribution < 1.29 is 14.4 Å². The number of amides is 3. The lowest BCUT2D eigenvalue weighted by molar-refractivity contribution is -0.122. The fourth-order valence-corrected chi connectivity index (χ4v) is 4.11. The maximum atomic E-state index is 12.6. The van der Waals surface area contributed by atoms with Crippen LogP contribution in [0.2, 0.25) is 0 Å². The number of nitrogens with one attached hydrogen (secondary N) is 1. The van der Waals surface area contributed by atoms with Crippen molar-refractivity contribution in [2.45, 2.75) is 4.90 Å². The molecule has 156 valence electrons. The normalized spacial score (nSPS) is 15.0. The molecular formula is C22H23N3O3S2. The fourth-order valence-electron chi connectivity index (χ4n) is 2.84. The Kier molecular flexibility index (Phi) is 7.23. The number of thioether (sulfide) groups is 2. The van der Waals surface area contributed by atoms with Gasteiger partial charge in [0.15, 0.2) is 0 Å². The first-order valence-electron chi connectivity index (χ1n) is 9.34. The summed E-state index contributed by atoms with van der Waals surface area (Å²) in [6, 6.07) is 15.0. The van der Waals surface area contributed by atoms with E-state index < -0.39 is 0 Å². The molecule has 1 saturated heterocycles. The second-order valence-corrected chi connectivity index (χ2v) is 8.68. The van der Waals surface area contributed by atoms with Gasteiger partial charge >= 0.3 is 0 Å². The highest BCUT2D eigenvalue weighted by Crippen LogP contribution is 2.32. The molecule has 30 heavy (non-hydrogen) atoms. The van der Waals surface area contributed by atoms with E-state index in [0.717, 1.165) is 27.9 Å². The van der Waals surface area contributed by atoms with E-state index >= 15 is 0 Å². The van der Waals surface area contributed by atoms with E-state index in [1.165, 1.54) is 4.90 Å². The van der Waals surface area contributed by atoms with E-state index in [4.69, 9.17) is 0 Å². The molecule has 6 nitrogen and oxygen atoms in total. The average molecular weight is 442 g/mol. The van der Waals surface area contributed by atoms with Crippen LogP contribution in [-0.4, -0.2) is 55.4 Å². The highest BCUT2D eigenvalue weighted by molar-refractivity contribution is 8.18. The van der Waals surface area contributed by atoms with E-state index in [1.54, 1.807) is 30.0 Å². The lowest BCUT2D eigenvalue weighted by Gasteiger charge is -2.14. The van der Waals surface area contributed by atoms with Crippen molar-refractivity contribution in [3.63, 3.8) is 0 Å². The Morgan fingerprint density at radius 2 is 1.77 bits per heavy atom. The zero-order valence-corrected chi connectivity index (χ0v) is 18.7. The van der Waals surface area contributed by atoms with Crippen molar-refractivity contribution in [2.75, 3.05) is 38.3 Å². The van der Waals surface area contributed by atoms with E-state index in [0.29, 0.717) is 10.5 Å². The minimum Gasteiger partial charge on any atom is -0.378 e. The number of benzene rings is 2. The van der Waals surface area contributed by atoms with Crippen LogP contribution in [0, 0.1) is 0 Å². The van der Waals surface area contributed by atoms with Crippen LogP contribution in [-0.2, 0) is 4.79 Å². The number of hydrogen-bond donors (Lipinski definition) is 1. The zero-order valence-electron chi connectivity index (χ0n) is 17.0. The summed E-state index contributed by atoms with van der Waals surface area (Å²) in [7, 11) is 3.86. The molecule has 2 aromatic rings. The molecule has 0 spiro atoms. The summed E-state index contributed by atoms with van der Waals surface area (Å²) < 4.78 is 0. The summed E-state index contributed by atoms with van der Waals surface area (Å²) in [6.45, 7) is 0.330. The molecule has 8 heteroatoms. The first-order chi connectivity index (χ1) is 14.4. The summed E-state index contributed by atoms with van der Waals surface area (Å²) in [5, 5.41) is 2.44. The molecule has 3 amide bonds. The smallest absolute Gasteiger partial charge is 0.293 e. The monoisotopic (exact) mass is 441 g/mol. The quantitative estimate of drug-likeness (QED) is 0.518. The molecule has 0 bridgehead atoms. The van der Waals surface area contributed by atoms with Crippen molar-refractivity contribution in [1.29, 1.82) is 0 Å². The number of carbonyl (C=O) groups excluding carboxylic acids is 3. The first-order valence-corrected chi connectivity index (χ1v) is 11.4. The molecule has 0 aliphatic carbocycles. The number of carbonyl (C=O) groups is 3. The van der Waals surface area contributed by atoms with Crippen molar-refractivity contribution in [3.8, 4) is 0 Å². The van der Waals surface area contributed by atoms with Gasteiger partial charge in [-0.05, 0) is 66.1 Å². The van der Waals surface area contributed by atoms with E-state index in [2.05, 4.69) is 5.32 Å². The van der Waals surface area contributed by atoms with Crippen LogP contribution in [0.25, 0.3) is 6.08 Å². The van der Waals surface area contributed by atoms with Gasteiger partial charge in [0.05, 0.1) is 4.91 Å². The van der Waals surface area contributed by atoms with Gasteiger partial charge in [-0.1, -0.05) is 12.1 Å². The standard InChI is InChI=1S/C22H23N3O3S2/c1-24(2)17-8-6-16(7-9-17)20(26)23-12-13-25-21(27)19(30-22(25)28)14-15-4-10-18(29-3)11-5-15/h4-11,14H,12-13H2,1-3H3,(H,23,26)/b19-14-. The summed E-state index contributed by atoms with van der Waals surface area (Å²) in [5.74, 6) is -0.569. The first kappa shape index (κ1) is 22.0. The highest BCUT2D eigenvalue weighted by atomic mass is 32.2. The fraction of sp³-hybridized carbons (Fsp3) is 0.227. The molecule has 1 aliphatic rings.